The maximum Gasteiger partial charge on any atom is 0.231 e. The fourth-order valence-electron chi connectivity index (χ4n) is 1.99. The molecule has 4 heteroatoms. The van der Waals surface area contributed by atoms with Gasteiger partial charge in [-0.25, -0.2) is 4.98 Å². The molecule has 2 aromatic rings. The molecule has 0 unspecified atom stereocenters. The van der Waals surface area contributed by atoms with Gasteiger partial charge in [0.15, 0.2) is 0 Å². The Labute approximate surface area is 121 Å². The lowest BCUT2D eigenvalue weighted by Crippen LogP contribution is -2.21. The van der Waals surface area contributed by atoms with Crippen LogP contribution in [-0.4, -0.2) is 30.6 Å². The fraction of sp³-hybridized carbons (Fsp3) is 0.375. The van der Waals surface area contributed by atoms with Crippen LogP contribution in [0.1, 0.15) is 19.8 Å². The van der Waals surface area contributed by atoms with Crippen molar-refractivity contribution >= 4 is 17.5 Å². The molecule has 2 rings (SSSR count). The molecule has 106 valence electrons. The van der Waals surface area contributed by atoms with Gasteiger partial charge in [-0.05, 0) is 24.6 Å². The monoisotopic (exact) mass is 270 g/mol. The highest BCUT2D eigenvalue weighted by Gasteiger charge is 2.09. The van der Waals surface area contributed by atoms with Gasteiger partial charge >= 0.3 is 0 Å². The molecular formula is C16H22N4. The van der Waals surface area contributed by atoms with Crippen LogP contribution in [0.5, 0.6) is 0 Å². The van der Waals surface area contributed by atoms with Crippen LogP contribution >= 0.6 is 0 Å². The lowest BCUT2D eigenvalue weighted by Gasteiger charge is -2.21. The second kappa shape index (κ2) is 6.89. The molecular weight excluding hydrogens is 248 g/mol. The Morgan fingerprint density at radius 2 is 1.80 bits per heavy atom. The molecule has 0 aliphatic heterocycles. The van der Waals surface area contributed by atoms with Crippen molar-refractivity contribution < 1.29 is 0 Å². The molecule has 0 spiro atoms. The Bertz CT molecular complexity index is 527. The molecule has 0 radical (unpaired) electrons. The minimum Gasteiger partial charge on any atom is -0.360 e. The van der Waals surface area contributed by atoms with E-state index >= 15 is 0 Å². The Kier molecular flexibility index (Phi) is 4.93. The summed E-state index contributed by atoms with van der Waals surface area (Å²) in [6.45, 7) is 3.21. The molecule has 0 aliphatic carbocycles. The van der Waals surface area contributed by atoms with Gasteiger partial charge in [-0.3, -0.25) is 0 Å². The lowest BCUT2D eigenvalue weighted by molar-refractivity contribution is 0.758. The average Bonchev–Trinajstić information content (AvgIpc) is 2.52. The Balaban J connectivity index is 2.17. The SMILES string of the molecule is CCCCN(C)c1ccnc(N(C)c2ccccc2)n1. The zero-order valence-corrected chi connectivity index (χ0v) is 12.5. The molecule has 0 saturated heterocycles. The van der Waals surface area contributed by atoms with Gasteiger partial charge < -0.3 is 9.80 Å². The van der Waals surface area contributed by atoms with Crippen molar-refractivity contribution in [2.24, 2.45) is 0 Å². The van der Waals surface area contributed by atoms with Crippen LogP contribution in [0.3, 0.4) is 0 Å². The second-order valence-electron chi connectivity index (χ2n) is 4.88. The van der Waals surface area contributed by atoms with Crippen molar-refractivity contribution in [2.45, 2.75) is 19.8 Å². The van der Waals surface area contributed by atoms with Gasteiger partial charge in [0.2, 0.25) is 5.95 Å². The minimum atomic E-state index is 0.719. The van der Waals surface area contributed by atoms with E-state index in [1.54, 1.807) is 0 Å². The molecule has 4 nitrogen and oxygen atoms in total. The van der Waals surface area contributed by atoms with E-state index in [2.05, 4.69) is 41.0 Å². The predicted molar refractivity (Wildman–Crippen MR) is 84.7 cm³/mol. The molecule has 0 atom stereocenters. The number of rotatable bonds is 6. The molecule has 0 aliphatic rings. The van der Waals surface area contributed by atoms with E-state index < -0.39 is 0 Å². The first kappa shape index (κ1) is 14.3. The molecule has 0 fully saturated rings. The minimum absolute atomic E-state index is 0.719. The number of hydrogen-bond acceptors (Lipinski definition) is 4. The Hall–Kier alpha value is -2.10. The molecule has 20 heavy (non-hydrogen) atoms. The van der Waals surface area contributed by atoms with Crippen LogP contribution in [0.15, 0.2) is 42.6 Å². The summed E-state index contributed by atoms with van der Waals surface area (Å²) < 4.78 is 0. The van der Waals surface area contributed by atoms with Crippen molar-refractivity contribution in [1.82, 2.24) is 9.97 Å². The maximum absolute atomic E-state index is 4.64. The van der Waals surface area contributed by atoms with Crippen LogP contribution in [-0.2, 0) is 0 Å². The largest absolute Gasteiger partial charge is 0.360 e. The van der Waals surface area contributed by atoms with Gasteiger partial charge in [0.1, 0.15) is 5.82 Å². The molecule has 1 aromatic heterocycles. The highest BCUT2D eigenvalue weighted by atomic mass is 15.3. The summed E-state index contributed by atoms with van der Waals surface area (Å²) in [4.78, 5) is 13.2. The van der Waals surface area contributed by atoms with E-state index in [4.69, 9.17) is 0 Å². The van der Waals surface area contributed by atoms with Crippen LogP contribution in [0, 0.1) is 0 Å². The highest BCUT2D eigenvalue weighted by Crippen LogP contribution is 2.21. The maximum atomic E-state index is 4.64. The highest BCUT2D eigenvalue weighted by molar-refractivity contribution is 5.57. The summed E-state index contributed by atoms with van der Waals surface area (Å²) >= 11 is 0. The van der Waals surface area contributed by atoms with Crippen LogP contribution in [0.4, 0.5) is 17.5 Å². The van der Waals surface area contributed by atoms with Crippen molar-refractivity contribution in [3.8, 4) is 0 Å². The molecule has 0 saturated carbocycles. The summed E-state index contributed by atoms with van der Waals surface area (Å²) in [5.41, 5.74) is 1.08. The topological polar surface area (TPSA) is 32.3 Å². The quantitative estimate of drug-likeness (QED) is 0.804. The van der Waals surface area contributed by atoms with E-state index in [-0.39, 0.29) is 0 Å². The van der Waals surface area contributed by atoms with E-state index in [0.717, 1.165) is 24.0 Å². The summed E-state index contributed by atoms with van der Waals surface area (Å²) in [6.07, 6.45) is 4.18. The third kappa shape index (κ3) is 3.47. The van der Waals surface area contributed by atoms with Gasteiger partial charge in [0.05, 0.1) is 0 Å². The van der Waals surface area contributed by atoms with Gasteiger partial charge in [0, 0.05) is 32.5 Å². The first-order chi connectivity index (χ1) is 9.72. The summed E-state index contributed by atoms with van der Waals surface area (Å²) in [5, 5.41) is 0. The van der Waals surface area contributed by atoms with Crippen molar-refractivity contribution in [1.29, 1.82) is 0 Å². The average molecular weight is 270 g/mol. The Morgan fingerprint density at radius 1 is 1.05 bits per heavy atom. The first-order valence-electron chi connectivity index (χ1n) is 7.05. The summed E-state index contributed by atoms with van der Waals surface area (Å²) in [7, 11) is 4.06. The van der Waals surface area contributed by atoms with E-state index in [0.29, 0.717) is 0 Å². The van der Waals surface area contributed by atoms with Crippen molar-refractivity contribution in [3.05, 3.63) is 42.6 Å². The van der Waals surface area contributed by atoms with E-state index in [1.165, 1.54) is 12.8 Å². The van der Waals surface area contributed by atoms with Crippen LogP contribution < -0.4 is 9.80 Å². The number of nitrogens with zero attached hydrogens (tertiary/aromatic N) is 4. The van der Waals surface area contributed by atoms with Crippen LogP contribution in [0.2, 0.25) is 0 Å². The zero-order valence-electron chi connectivity index (χ0n) is 12.5. The predicted octanol–water partition coefficient (Wildman–Crippen LogP) is 3.48. The standard InChI is InChI=1S/C16H22N4/c1-4-5-13-19(2)15-11-12-17-16(18-15)20(3)14-9-7-6-8-10-14/h6-12H,4-5,13H2,1-3H3. The number of unbranched alkanes of at least 4 members (excludes halogenated alkanes) is 1. The lowest BCUT2D eigenvalue weighted by atomic mass is 10.3. The first-order valence-corrected chi connectivity index (χ1v) is 7.05. The van der Waals surface area contributed by atoms with Gasteiger partial charge in [-0.1, -0.05) is 31.5 Å². The van der Waals surface area contributed by atoms with Crippen LogP contribution in [0.25, 0.3) is 0 Å². The molecule has 0 N–H and O–H groups in total. The second-order valence-corrected chi connectivity index (χ2v) is 4.88. The number of aromatic nitrogens is 2. The fourth-order valence-corrected chi connectivity index (χ4v) is 1.99. The zero-order chi connectivity index (χ0) is 14.4. The number of benzene rings is 1. The third-order valence-electron chi connectivity index (χ3n) is 3.31. The summed E-state index contributed by atoms with van der Waals surface area (Å²) in [5.74, 6) is 1.68. The van der Waals surface area contributed by atoms with Gasteiger partial charge in [-0.15, -0.1) is 0 Å². The van der Waals surface area contributed by atoms with E-state index in [1.807, 2.05) is 42.4 Å². The molecule has 1 aromatic carbocycles. The summed E-state index contributed by atoms with van der Waals surface area (Å²) in [6, 6.07) is 12.1. The number of hydrogen-bond donors (Lipinski definition) is 0. The molecule has 0 bridgehead atoms. The van der Waals surface area contributed by atoms with Gasteiger partial charge in [0.25, 0.3) is 0 Å². The Morgan fingerprint density at radius 3 is 2.50 bits per heavy atom. The van der Waals surface area contributed by atoms with Crippen molar-refractivity contribution in [2.75, 3.05) is 30.4 Å². The molecule has 1 heterocycles. The normalized spacial score (nSPS) is 10.3. The van der Waals surface area contributed by atoms with Crippen molar-refractivity contribution in [3.63, 3.8) is 0 Å². The number of para-hydroxylation sites is 1. The molecule has 0 amide bonds. The number of anilines is 3. The smallest absolute Gasteiger partial charge is 0.231 e. The third-order valence-corrected chi connectivity index (χ3v) is 3.31. The van der Waals surface area contributed by atoms with E-state index in [9.17, 15) is 0 Å². The van der Waals surface area contributed by atoms with Gasteiger partial charge in [-0.2, -0.15) is 4.98 Å².